The number of aromatic amines is 1. The summed E-state index contributed by atoms with van der Waals surface area (Å²) >= 11 is 0. The van der Waals surface area contributed by atoms with Gasteiger partial charge in [0.15, 0.2) is 0 Å². The van der Waals surface area contributed by atoms with Crippen LogP contribution in [0.25, 0.3) is 0 Å². The van der Waals surface area contributed by atoms with Crippen molar-refractivity contribution in [1.82, 2.24) is 9.71 Å². The van der Waals surface area contributed by atoms with Gasteiger partial charge in [-0.1, -0.05) is 0 Å². The van der Waals surface area contributed by atoms with Crippen LogP contribution in [-0.2, 0) is 10.0 Å². The second-order valence-corrected chi connectivity index (χ2v) is 5.58. The highest BCUT2D eigenvalue weighted by atomic mass is 32.2. The molecule has 1 aromatic rings. The third-order valence-corrected chi connectivity index (χ3v) is 3.08. The Labute approximate surface area is 81.4 Å². The molecular weight excluding hydrogens is 188 g/mol. The Morgan fingerprint density at radius 1 is 1.46 bits per heavy atom. The molecule has 0 fully saturated rings. The Morgan fingerprint density at radius 2 is 2.08 bits per heavy atom. The Balaban J connectivity index is 0. The molecule has 0 radical (unpaired) electrons. The van der Waals surface area contributed by atoms with Gasteiger partial charge in [-0.25, -0.2) is 13.1 Å². The summed E-state index contributed by atoms with van der Waals surface area (Å²) in [5.74, 6) is 0. The third-order valence-electron chi connectivity index (χ3n) is 1.32. The predicted molar refractivity (Wildman–Crippen MR) is 55.1 cm³/mol. The Bertz CT molecular complexity index is 368. The van der Waals surface area contributed by atoms with Crippen molar-refractivity contribution in [2.75, 3.05) is 0 Å². The van der Waals surface area contributed by atoms with Crippen LogP contribution in [0.5, 0.6) is 0 Å². The lowest BCUT2D eigenvalue weighted by molar-refractivity contribution is 0.491. The molecule has 0 spiro atoms. The summed E-state index contributed by atoms with van der Waals surface area (Å²) in [5, 5.41) is 0. The average molecular weight is 206 g/mol. The van der Waals surface area contributed by atoms with Crippen molar-refractivity contribution >= 4 is 10.0 Å². The van der Waals surface area contributed by atoms with Crippen molar-refractivity contribution in [3.8, 4) is 0 Å². The Kier molecular flexibility index (Phi) is 2.49. The molecule has 0 aliphatic heterocycles. The van der Waals surface area contributed by atoms with Crippen molar-refractivity contribution in [2.45, 2.75) is 31.2 Å². The average Bonchev–Trinajstić information content (AvgIpc) is 2.29. The van der Waals surface area contributed by atoms with Crippen LogP contribution in [0.3, 0.4) is 0 Å². The van der Waals surface area contributed by atoms with E-state index in [4.69, 9.17) is 0 Å². The normalized spacial score (nSPS) is 13.2. The number of sulfonamides is 1. The van der Waals surface area contributed by atoms with E-state index in [0.29, 0.717) is 0 Å². The molecule has 0 aliphatic carbocycles. The molecule has 1 rings (SSSR count). The predicted octanol–water partition coefficient (Wildman–Crippen LogP) is 1.58. The van der Waals surface area contributed by atoms with Gasteiger partial charge in [0.05, 0.1) is 4.90 Å². The standard InChI is InChI=1S/C8H14N2O2S.2H2/c1-8(2,3)10-13(11,12)7-4-5-9-6-7;;/h4-6,9-10H,1-3H3;2*1H. The quantitative estimate of drug-likeness (QED) is 0.771. The zero-order valence-electron chi connectivity index (χ0n) is 7.96. The summed E-state index contributed by atoms with van der Waals surface area (Å²) in [5.41, 5.74) is -0.448. The summed E-state index contributed by atoms with van der Waals surface area (Å²) in [6.45, 7) is 5.41. The molecule has 0 amide bonds. The number of H-pyrrole nitrogens is 1. The fourth-order valence-electron chi connectivity index (χ4n) is 0.938. The first-order valence-electron chi connectivity index (χ1n) is 3.98. The van der Waals surface area contributed by atoms with E-state index in [1.165, 1.54) is 12.3 Å². The van der Waals surface area contributed by atoms with E-state index in [1.807, 2.05) is 0 Å². The summed E-state index contributed by atoms with van der Waals surface area (Å²) < 4.78 is 25.7. The van der Waals surface area contributed by atoms with Gasteiger partial charge in [0, 0.05) is 20.8 Å². The van der Waals surface area contributed by atoms with Crippen molar-refractivity contribution in [3.05, 3.63) is 18.5 Å². The summed E-state index contributed by atoms with van der Waals surface area (Å²) in [6.07, 6.45) is 3.03. The molecular formula is C8H18N2O2S. The summed E-state index contributed by atoms with van der Waals surface area (Å²) in [7, 11) is -3.36. The summed E-state index contributed by atoms with van der Waals surface area (Å²) in [4.78, 5) is 2.97. The number of rotatable bonds is 2. The topological polar surface area (TPSA) is 62.0 Å². The van der Waals surface area contributed by atoms with Crippen LogP contribution >= 0.6 is 0 Å². The van der Waals surface area contributed by atoms with Crippen molar-refractivity contribution in [1.29, 1.82) is 0 Å². The lowest BCUT2D eigenvalue weighted by atomic mass is 10.1. The maximum absolute atomic E-state index is 11.6. The van der Waals surface area contributed by atoms with Crippen LogP contribution in [0.1, 0.15) is 23.6 Å². The van der Waals surface area contributed by atoms with E-state index in [0.717, 1.165) is 0 Å². The zero-order valence-corrected chi connectivity index (χ0v) is 8.77. The van der Waals surface area contributed by atoms with E-state index >= 15 is 0 Å². The van der Waals surface area contributed by atoms with E-state index in [1.54, 1.807) is 27.0 Å². The molecule has 5 heteroatoms. The molecule has 13 heavy (non-hydrogen) atoms. The number of hydrogen-bond donors (Lipinski definition) is 2. The van der Waals surface area contributed by atoms with Crippen LogP contribution in [0.15, 0.2) is 23.4 Å². The Hall–Kier alpha value is -0.810. The second-order valence-electron chi connectivity index (χ2n) is 3.90. The lowest BCUT2D eigenvalue weighted by Crippen LogP contribution is -2.40. The van der Waals surface area contributed by atoms with Crippen molar-refractivity contribution in [2.24, 2.45) is 0 Å². The highest BCUT2D eigenvalue weighted by Crippen LogP contribution is 2.10. The van der Waals surface area contributed by atoms with E-state index in [9.17, 15) is 8.42 Å². The van der Waals surface area contributed by atoms with Gasteiger partial charge in [0.25, 0.3) is 0 Å². The van der Waals surface area contributed by atoms with Crippen LogP contribution in [-0.4, -0.2) is 18.9 Å². The molecule has 0 saturated carbocycles. The molecule has 4 nitrogen and oxygen atoms in total. The maximum Gasteiger partial charge on any atom is 0.242 e. The SMILES string of the molecule is CC(C)(C)NS(=O)(=O)c1cc[nH]c1.[HH].[HH]. The monoisotopic (exact) mass is 206 g/mol. The van der Waals surface area contributed by atoms with Gasteiger partial charge in [-0.2, -0.15) is 0 Å². The van der Waals surface area contributed by atoms with Crippen LogP contribution in [0.4, 0.5) is 0 Å². The minimum absolute atomic E-state index is 0. The highest BCUT2D eigenvalue weighted by molar-refractivity contribution is 7.89. The molecule has 1 heterocycles. The first-order chi connectivity index (χ1) is 5.81. The van der Waals surface area contributed by atoms with Crippen molar-refractivity contribution in [3.63, 3.8) is 0 Å². The largest absolute Gasteiger partial charge is 0.366 e. The highest BCUT2D eigenvalue weighted by Gasteiger charge is 2.21. The minimum atomic E-state index is -3.36. The van der Waals surface area contributed by atoms with Gasteiger partial charge >= 0.3 is 0 Å². The van der Waals surface area contributed by atoms with Gasteiger partial charge in [-0.3, -0.25) is 0 Å². The molecule has 0 aliphatic rings. The first kappa shape index (κ1) is 10.3. The fourth-order valence-corrected chi connectivity index (χ4v) is 2.33. The fraction of sp³-hybridized carbons (Fsp3) is 0.500. The van der Waals surface area contributed by atoms with Crippen LogP contribution in [0, 0.1) is 0 Å². The molecule has 0 atom stereocenters. The maximum atomic E-state index is 11.6. The molecule has 78 valence electrons. The second kappa shape index (κ2) is 3.16. The number of aromatic nitrogens is 1. The molecule has 2 N–H and O–H groups in total. The molecule has 0 unspecified atom stereocenters. The molecule has 1 aromatic heterocycles. The third kappa shape index (κ3) is 2.86. The zero-order chi connectivity index (χ0) is 10.1. The van der Waals surface area contributed by atoms with E-state index in [-0.39, 0.29) is 7.75 Å². The van der Waals surface area contributed by atoms with Crippen LogP contribution in [0.2, 0.25) is 0 Å². The van der Waals surface area contributed by atoms with Gasteiger partial charge < -0.3 is 4.98 Å². The first-order valence-corrected chi connectivity index (χ1v) is 5.46. The minimum Gasteiger partial charge on any atom is -0.366 e. The number of hydrogen-bond acceptors (Lipinski definition) is 2. The van der Waals surface area contributed by atoms with Crippen LogP contribution < -0.4 is 4.72 Å². The van der Waals surface area contributed by atoms with Gasteiger partial charge in [-0.05, 0) is 26.8 Å². The number of nitrogens with one attached hydrogen (secondary N) is 2. The van der Waals surface area contributed by atoms with Gasteiger partial charge in [0.2, 0.25) is 10.0 Å². The van der Waals surface area contributed by atoms with Gasteiger partial charge in [0.1, 0.15) is 0 Å². The van der Waals surface area contributed by atoms with Gasteiger partial charge in [-0.15, -0.1) is 0 Å². The smallest absolute Gasteiger partial charge is 0.242 e. The van der Waals surface area contributed by atoms with E-state index in [2.05, 4.69) is 9.71 Å². The molecule has 0 saturated heterocycles. The Morgan fingerprint density at radius 3 is 2.46 bits per heavy atom. The summed E-state index contributed by atoms with van der Waals surface area (Å²) in [6, 6.07) is 1.52. The lowest BCUT2D eigenvalue weighted by Gasteiger charge is -2.19. The molecule has 0 bridgehead atoms. The van der Waals surface area contributed by atoms with E-state index < -0.39 is 15.6 Å². The molecule has 0 aromatic carbocycles. The van der Waals surface area contributed by atoms with Crippen molar-refractivity contribution < 1.29 is 11.3 Å².